The van der Waals surface area contributed by atoms with Gasteiger partial charge >= 0.3 is 12.1 Å². The molecule has 0 saturated carbocycles. The molecule has 1 aliphatic heterocycles. The third-order valence-electron chi connectivity index (χ3n) is 4.21. The standard InChI is InChI=1S/C17H16ClF3N2O3S/c1-9-8-26-12(10-4-3-5-11(6-10)17(19,20)21)7-23(9)16-22-14(18)13(27-16)15(24)25-2/h3-6,9,12H,7-8H2,1-2H3/t9-,12+/m0/s1. The van der Waals surface area contributed by atoms with E-state index in [4.69, 9.17) is 16.3 Å². The average molecular weight is 421 g/mol. The topological polar surface area (TPSA) is 51.7 Å². The van der Waals surface area contributed by atoms with Gasteiger partial charge in [0.1, 0.15) is 6.10 Å². The molecular formula is C17H16ClF3N2O3S. The first-order valence-corrected chi connectivity index (χ1v) is 9.20. The number of hydrogen-bond donors (Lipinski definition) is 0. The summed E-state index contributed by atoms with van der Waals surface area (Å²) in [5, 5.41) is 0.532. The van der Waals surface area contributed by atoms with Crippen LogP contribution in [0.4, 0.5) is 18.3 Å². The van der Waals surface area contributed by atoms with Gasteiger partial charge in [-0.25, -0.2) is 9.78 Å². The highest BCUT2D eigenvalue weighted by molar-refractivity contribution is 7.18. The molecule has 1 aliphatic rings. The maximum Gasteiger partial charge on any atom is 0.416 e. The predicted octanol–water partition coefficient (Wildman–Crippen LogP) is 4.57. The second-order valence-corrected chi connectivity index (χ2v) is 7.39. The number of ether oxygens (including phenoxy) is 2. The quantitative estimate of drug-likeness (QED) is 0.681. The Bertz CT molecular complexity index is 843. The molecule has 5 nitrogen and oxygen atoms in total. The van der Waals surface area contributed by atoms with Crippen molar-refractivity contribution in [1.82, 2.24) is 4.98 Å². The number of rotatable bonds is 3. The third kappa shape index (κ3) is 4.20. The Morgan fingerprint density at radius 2 is 2.19 bits per heavy atom. The first-order chi connectivity index (χ1) is 12.7. The number of esters is 1. The van der Waals surface area contributed by atoms with Gasteiger partial charge in [0.15, 0.2) is 15.2 Å². The van der Waals surface area contributed by atoms with E-state index in [1.165, 1.54) is 13.2 Å². The third-order valence-corrected chi connectivity index (χ3v) is 5.67. The van der Waals surface area contributed by atoms with Crippen LogP contribution in [-0.2, 0) is 15.7 Å². The molecule has 1 aromatic carbocycles. The molecule has 0 amide bonds. The Labute approximate surface area is 162 Å². The van der Waals surface area contributed by atoms with Gasteiger partial charge in [-0.2, -0.15) is 13.2 Å². The van der Waals surface area contributed by atoms with Gasteiger partial charge in [0.2, 0.25) is 0 Å². The number of hydrogen-bond acceptors (Lipinski definition) is 6. The van der Waals surface area contributed by atoms with Crippen LogP contribution in [0.5, 0.6) is 0 Å². The molecule has 1 fully saturated rings. The summed E-state index contributed by atoms with van der Waals surface area (Å²) in [5.74, 6) is -0.584. The van der Waals surface area contributed by atoms with Crippen LogP contribution in [0.2, 0.25) is 5.15 Å². The van der Waals surface area contributed by atoms with Crippen molar-refractivity contribution in [3.8, 4) is 0 Å². The lowest BCUT2D eigenvalue weighted by Crippen LogP contribution is -2.45. The molecule has 0 bridgehead atoms. The summed E-state index contributed by atoms with van der Waals surface area (Å²) in [6.07, 6.45) is -4.98. The lowest BCUT2D eigenvalue weighted by Gasteiger charge is -2.38. The van der Waals surface area contributed by atoms with Gasteiger partial charge in [-0.15, -0.1) is 0 Å². The molecule has 2 aromatic rings. The molecule has 146 valence electrons. The fourth-order valence-corrected chi connectivity index (χ4v) is 4.08. The molecule has 10 heteroatoms. The number of methoxy groups -OCH3 is 1. The van der Waals surface area contributed by atoms with Crippen molar-refractivity contribution in [1.29, 1.82) is 0 Å². The largest absolute Gasteiger partial charge is 0.465 e. The van der Waals surface area contributed by atoms with E-state index in [0.717, 1.165) is 23.5 Å². The fraction of sp³-hybridized carbons (Fsp3) is 0.412. The van der Waals surface area contributed by atoms with Gasteiger partial charge in [-0.05, 0) is 24.6 Å². The van der Waals surface area contributed by atoms with E-state index in [1.54, 1.807) is 6.07 Å². The second kappa shape index (κ2) is 7.65. The summed E-state index contributed by atoms with van der Waals surface area (Å²) in [6, 6.07) is 4.99. The van der Waals surface area contributed by atoms with E-state index < -0.39 is 23.8 Å². The van der Waals surface area contributed by atoms with Gasteiger partial charge < -0.3 is 14.4 Å². The van der Waals surface area contributed by atoms with Crippen molar-refractivity contribution < 1.29 is 27.4 Å². The minimum Gasteiger partial charge on any atom is -0.465 e. The van der Waals surface area contributed by atoms with Gasteiger partial charge in [0.05, 0.1) is 31.9 Å². The Hall–Kier alpha value is -1.84. The monoisotopic (exact) mass is 420 g/mol. The van der Waals surface area contributed by atoms with Crippen molar-refractivity contribution in [3.63, 3.8) is 0 Å². The summed E-state index contributed by atoms with van der Waals surface area (Å²) in [5.41, 5.74) is -0.295. The Balaban J connectivity index is 1.86. The molecule has 27 heavy (non-hydrogen) atoms. The number of alkyl halides is 3. The van der Waals surface area contributed by atoms with Crippen molar-refractivity contribution in [2.75, 3.05) is 25.2 Å². The number of morpholine rings is 1. The molecule has 0 N–H and O–H groups in total. The van der Waals surface area contributed by atoms with Crippen LogP contribution in [0, 0.1) is 0 Å². The molecular weight excluding hydrogens is 405 g/mol. The van der Waals surface area contributed by atoms with Crippen LogP contribution in [0.25, 0.3) is 0 Å². The lowest BCUT2D eigenvalue weighted by atomic mass is 10.0. The Morgan fingerprint density at radius 3 is 2.85 bits per heavy atom. The van der Waals surface area contributed by atoms with Crippen LogP contribution in [-0.4, -0.2) is 37.3 Å². The Morgan fingerprint density at radius 1 is 1.44 bits per heavy atom. The van der Waals surface area contributed by atoms with Gasteiger partial charge in [0, 0.05) is 0 Å². The average Bonchev–Trinajstić information content (AvgIpc) is 3.02. The number of thiazole rings is 1. The van der Waals surface area contributed by atoms with Crippen molar-refractivity contribution in [3.05, 3.63) is 45.4 Å². The zero-order valence-corrected chi connectivity index (χ0v) is 16.0. The smallest absolute Gasteiger partial charge is 0.416 e. The maximum atomic E-state index is 13.0. The van der Waals surface area contributed by atoms with E-state index in [9.17, 15) is 18.0 Å². The van der Waals surface area contributed by atoms with Crippen LogP contribution in [0.3, 0.4) is 0 Å². The highest BCUT2D eigenvalue weighted by atomic mass is 35.5. The summed E-state index contributed by atoms with van der Waals surface area (Å²) < 4.78 is 49.4. The molecule has 1 aromatic heterocycles. The predicted molar refractivity (Wildman–Crippen MR) is 95.4 cm³/mol. The maximum absolute atomic E-state index is 13.0. The minimum absolute atomic E-state index is 0.0381. The molecule has 1 saturated heterocycles. The van der Waals surface area contributed by atoms with Crippen LogP contribution in [0.1, 0.15) is 33.8 Å². The van der Waals surface area contributed by atoms with E-state index in [1.807, 2.05) is 11.8 Å². The summed E-state index contributed by atoms with van der Waals surface area (Å²) >= 11 is 7.11. The van der Waals surface area contributed by atoms with Crippen LogP contribution < -0.4 is 4.90 Å². The zero-order chi connectivity index (χ0) is 19.8. The molecule has 2 heterocycles. The van der Waals surface area contributed by atoms with E-state index >= 15 is 0 Å². The van der Waals surface area contributed by atoms with Crippen LogP contribution in [0.15, 0.2) is 24.3 Å². The number of carbonyl (C=O) groups is 1. The number of benzene rings is 1. The molecule has 0 radical (unpaired) electrons. The number of anilines is 1. The highest BCUT2D eigenvalue weighted by Crippen LogP contribution is 2.36. The van der Waals surface area contributed by atoms with Crippen molar-refractivity contribution in [2.45, 2.75) is 25.2 Å². The molecule has 0 aliphatic carbocycles. The molecule has 3 rings (SSSR count). The highest BCUT2D eigenvalue weighted by Gasteiger charge is 2.34. The first-order valence-electron chi connectivity index (χ1n) is 8.00. The van der Waals surface area contributed by atoms with E-state index in [-0.39, 0.29) is 22.6 Å². The van der Waals surface area contributed by atoms with Crippen LogP contribution >= 0.6 is 22.9 Å². The van der Waals surface area contributed by atoms with E-state index in [2.05, 4.69) is 9.72 Å². The van der Waals surface area contributed by atoms with Gasteiger partial charge in [-0.1, -0.05) is 35.1 Å². The van der Waals surface area contributed by atoms with Crippen molar-refractivity contribution in [2.24, 2.45) is 0 Å². The minimum atomic E-state index is -4.42. The first kappa shape index (κ1) is 19.9. The normalized spacial score (nSPS) is 20.6. The number of carbonyl (C=O) groups excluding carboxylic acids is 1. The molecule has 0 spiro atoms. The van der Waals surface area contributed by atoms with E-state index in [0.29, 0.717) is 17.3 Å². The summed E-state index contributed by atoms with van der Waals surface area (Å²) in [4.78, 5) is 18.0. The number of aromatic nitrogens is 1. The molecule has 2 atom stereocenters. The van der Waals surface area contributed by atoms with Gasteiger partial charge in [-0.3, -0.25) is 0 Å². The lowest BCUT2D eigenvalue weighted by molar-refractivity contribution is -0.137. The van der Waals surface area contributed by atoms with Crippen molar-refractivity contribution >= 4 is 34.0 Å². The summed E-state index contributed by atoms with van der Waals surface area (Å²) in [6.45, 7) is 2.48. The SMILES string of the molecule is COC(=O)c1sc(N2C[C@H](c3cccc(C(F)(F)F)c3)OC[C@@H]2C)nc1Cl. The number of halogens is 4. The second-order valence-electron chi connectivity index (χ2n) is 6.05. The zero-order valence-electron chi connectivity index (χ0n) is 14.4. The fourth-order valence-electron chi connectivity index (χ4n) is 2.77. The van der Waals surface area contributed by atoms with Gasteiger partial charge in [0.25, 0.3) is 0 Å². The Kier molecular flexibility index (Phi) is 5.64. The number of nitrogens with zero attached hydrogens (tertiary/aromatic N) is 2. The molecule has 0 unspecified atom stereocenters. The summed E-state index contributed by atoms with van der Waals surface area (Å²) in [7, 11) is 1.25.